The van der Waals surface area contributed by atoms with Crippen molar-refractivity contribution in [2.45, 2.75) is 76.5 Å². The third-order valence-corrected chi connectivity index (χ3v) is 9.16. The van der Waals surface area contributed by atoms with Crippen LogP contribution in [0, 0.1) is 23.7 Å². The Labute approximate surface area is 170 Å². The second-order valence-electron chi connectivity index (χ2n) is 9.55. The zero-order chi connectivity index (χ0) is 18.2. The first-order chi connectivity index (χ1) is 12.2. The zero-order valence-corrected chi connectivity index (χ0v) is 18.6. The van der Waals surface area contributed by atoms with Gasteiger partial charge in [0, 0.05) is 32.6 Å². The lowest BCUT2D eigenvalue weighted by atomic mass is 9.81. The number of rotatable bonds is 1. The second-order valence-corrected chi connectivity index (χ2v) is 11.3. The van der Waals surface area contributed by atoms with Gasteiger partial charge in [0.05, 0.1) is 24.4 Å². The molecule has 6 aliphatic rings. The van der Waals surface area contributed by atoms with Crippen LogP contribution in [-0.2, 0) is 18.9 Å². The summed E-state index contributed by atoms with van der Waals surface area (Å²) >= 11 is 7.91. The summed E-state index contributed by atoms with van der Waals surface area (Å²) in [7, 11) is 0. The summed E-state index contributed by atoms with van der Waals surface area (Å²) < 4.78 is 27.7. The van der Waals surface area contributed by atoms with Crippen molar-refractivity contribution in [3.8, 4) is 0 Å². The fourth-order valence-electron chi connectivity index (χ4n) is 6.43. The van der Waals surface area contributed by atoms with E-state index in [1.165, 1.54) is 20.1 Å². The Morgan fingerprint density at radius 1 is 0.615 bits per heavy atom. The molecule has 4 fully saturated rings. The van der Waals surface area contributed by atoms with Gasteiger partial charge in [0.25, 0.3) is 0 Å². The maximum absolute atomic E-state index is 6.31. The maximum Gasteiger partial charge on any atom is 0.163 e. The molecule has 0 N–H and O–H groups in total. The van der Waals surface area contributed by atoms with Gasteiger partial charge < -0.3 is 18.9 Å². The molecule has 26 heavy (non-hydrogen) atoms. The first kappa shape index (κ1) is 17.2. The van der Waals surface area contributed by atoms with Crippen molar-refractivity contribution in [2.75, 3.05) is 0 Å². The van der Waals surface area contributed by atoms with Crippen LogP contribution in [0.15, 0.2) is 20.1 Å². The van der Waals surface area contributed by atoms with Crippen molar-refractivity contribution < 1.29 is 18.9 Å². The van der Waals surface area contributed by atoms with Crippen LogP contribution in [0.1, 0.15) is 40.5 Å². The van der Waals surface area contributed by atoms with E-state index in [9.17, 15) is 0 Å². The lowest BCUT2D eigenvalue weighted by molar-refractivity contribution is -0.157. The predicted octanol–water partition coefficient (Wildman–Crippen LogP) is 4.62. The van der Waals surface area contributed by atoms with Gasteiger partial charge in [-0.25, -0.2) is 0 Å². The first-order valence-corrected chi connectivity index (χ1v) is 11.3. The molecule has 2 aliphatic heterocycles. The summed E-state index contributed by atoms with van der Waals surface area (Å²) in [5, 5.41) is 0. The summed E-state index contributed by atoms with van der Waals surface area (Å²) in [6, 6.07) is 0. The molecule has 0 aromatic carbocycles. The topological polar surface area (TPSA) is 36.9 Å². The quantitative estimate of drug-likeness (QED) is 0.540. The molecule has 2 saturated carbocycles. The number of hydrogen-bond donors (Lipinski definition) is 0. The predicted molar refractivity (Wildman–Crippen MR) is 103 cm³/mol. The molecule has 6 rings (SSSR count). The minimum atomic E-state index is -0.479. The van der Waals surface area contributed by atoms with E-state index in [0.29, 0.717) is 23.7 Å². The Bertz CT molecular complexity index is 706. The Morgan fingerprint density at radius 2 is 0.923 bits per heavy atom. The van der Waals surface area contributed by atoms with Crippen molar-refractivity contribution in [1.82, 2.24) is 0 Å². The van der Waals surface area contributed by atoms with Gasteiger partial charge in [0.15, 0.2) is 11.6 Å². The number of halogens is 2. The summed E-state index contributed by atoms with van der Waals surface area (Å²) in [5.41, 5.74) is 2.92. The number of hydrogen-bond acceptors (Lipinski definition) is 4. The normalized spacial score (nSPS) is 52.4. The highest BCUT2D eigenvalue weighted by atomic mass is 79.9. The summed E-state index contributed by atoms with van der Waals surface area (Å²) in [4.78, 5) is 0. The van der Waals surface area contributed by atoms with E-state index >= 15 is 0 Å². The molecule has 2 heterocycles. The second kappa shape index (κ2) is 5.06. The molecule has 2 saturated heterocycles. The van der Waals surface area contributed by atoms with Gasteiger partial charge in [-0.3, -0.25) is 0 Å². The minimum absolute atomic E-state index is 0.172. The largest absolute Gasteiger partial charge is 0.344 e. The van der Waals surface area contributed by atoms with E-state index in [-0.39, 0.29) is 24.4 Å². The molecule has 6 heteroatoms. The van der Waals surface area contributed by atoms with Crippen molar-refractivity contribution in [2.24, 2.45) is 23.7 Å². The van der Waals surface area contributed by atoms with Crippen molar-refractivity contribution in [3.63, 3.8) is 0 Å². The van der Waals surface area contributed by atoms with Crippen LogP contribution < -0.4 is 0 Å². The average molecular weight is 488 g/mol. The van der Waals surface area contributed by atoms with Crippen LogP contribution in [0.4, 0.5) is 0 Å². The van der Waals surface area contributed by atoms with Crippen LogP contribution in [0.5, 0.6) is 0 Å². The van der Waals surface area contributed by atoms with Crippen molar-refractivity contribution >= 4 is 31.9 Å². The molecule has 0 radical (unpaired) electrons. The standard InChI is InChI=1S/C20H24Br2O4/c1-19(2)23-15-7-5-9(17(15)25-19)13(21)11(7)12-8-6-10(14(12)22)18-16(8)24-20(3,4)26-18/h7-10,15-18H,5-6H2,1-4H3/t7-,8-,9+,10+,15-,16-,17+,18+/m0/s1. The van der Waals surface area contributed by atoms with E-state index in [0.717, 1.165) is 12.8 Å². The number of ether oxygens (including phenoxy) is 4. The molecule has 8 atom stereocenters. The third-order valence-electron chi connectivity index (χ3n) is 7.13. The van der Waals surface area contributed by atoms with Gasteiger partial charge in [0.1, 0.15) is 0 Å². The van der Waals surface area contributed by atoms with Crippen LogP contribution in [0.25, 0.3) is 0 Å². The molecular weight excluding hydrogens is 464 g/mol. The lowest BCUT2D eigenvalue weighted by Gasteiger charge is -2.32. The summed E-state index contributed by atoms with van der Waals surface area (Å²) in [5.74, 6) is 0.705. The molecular formula is C20H24Br2O4. The maximum atomic E-state index is 6.31. The molecule has 0 spiro atoms. The highest BCUT2D eigenvalue weighted by Gasteiger charge is 2.64. The van der Waals surface area contributed by atoms with Gasteiger partial charge in [-0.15, -0.1) is 0 Å². The van der Waals surface area contributed by atoms with Crippen LogP contribution in [0.3, 0.4) is 0 Å². The molecule has 4 aliphatic carbocycles. The monoisotopic (exact) mass is 486 g/mol. The SMILES string of the molecule is CC1(C)O[C@@H]2[C@H](O1)[C@@H]1C[C@H]2C(C2=C(Br)[C@H]3C[C@@H]2[C@@H]2OC(C)(C)O[C@@H]23)=C1Br. The van der Waals surface area contributed by atoms with E-state index in [1.54, 1.807) is 0 Å². The van der Waals surface area contributed by atoms with E-state index in [2.05, 4.69) is 31.9 Å². The van der Waals surface area contributed by atoms with E-state index < -0.39 is 11.6 Å². The van der Waals surface area contributed by atoms with Crippen molar-refractivity contribution in [1.29, 1.82) is 0 Å². The van der Waals surface area contributed by atoms with Crippen LogP contribution in [-0.4, -0.2) is 36.0 Å². The number of fused-ring (bicyclic) bond motifs is 10. The first-order valence-electron chi connectivity index (χ1n) is 9.67. The lowest BCUT2D eigenvalue weighted by Crippen LogP contribution is -2.35. The Balaban J connectivity index is 1.39. The molecule has 0 aromatic rings. The molecule has 0 aromatic heterocycles. The van der Waals surface area contributed by atoms with Gasteiger partial charge in [-0.05, 0) is 51.7 Å². The smallest absolute Gasteiger partial charge is 0.163 e. The Hall–Kier alpha value is 0.280. The molecule has 4 bridgehead atoms. The molecule has 0 amide bonds. The highest BCUT2D eigenvalue weighted by Crippen LogP contribution is 2.65. The third kappa shape index (κ3) is 2.04. The molecule has 142 valence electrons. The minimum Gasteiger partial charge on any atom is -0.344 e. The molecule has 0 unspecified atom stereocenters. The van der Waals surface area contributed by atoms with Crippen LogP contribution in [0.2, 0.25) is 0 Å². The van der Waals surface area contributed by atoms with Gasteiger partial charge >= 0.3 is 0 Å². The highest BCUT2D eigenvalue weighted by molar-refractivity contribution is 9.12. The van der Waals surface area contributed by atoms with Gasteiger partial charge in [-0.2, -0.15) is 0 Å². The van der Waals surface area contributed by atoms with Gasteiger partial charge in [0.2, 0.25) is 0 Å². The summed E-state index contributed by atoms with van der Waals surface area (Å²) in [6.45, 7) is 8.12. The summed E-state index contributed by atoms with van der Waals surface area (Å²) in [6.07, 6.45) is 2.96. The van der Waals surface area contributed by atoms with Gasteiger partial charge in [-0.1, -0.05) is 31.9 Å². The molecule has 4 nitrogen and oxygen atoms in total. The Kier molecular flexibility index (Phi) is 3.34. The Morgan fingerprint density at radius 3 is 1.27 bits per heavy atom. The average Bonchev–Trinajstić information content (AvgIpc) is 3.28. The fraction of sp³-hybridized carbons (Fsp3) is 0.800. The van der Waals surface area contributed by atoms with E-state index in [1.807, 2.05) is 27.7 Å². The fourth-order valence-corrected chi connectivity index (χ4v) is 8.34. The van der Waals surface area contributed by atoms with Crippen LogP contribution >= 0.6 is 31.9 Å². The zero-order valence-electron chi connectivity index (χ0n) is 15.4. The van der Waals surface area contributed by atoms with E-state index in [4.69, 9.17) is 18.9 Å². The van der Waals surface area contributed by atoms with Crippen molar-refractivity contribution in [3.05, 3.63) is 20.1 Å².